The number of ketones is 2. The van der Waals surface area contributed by atoms with Crippen LogP contribution < -0.4 is 21.1 Å². The van der Waals surface area contributed by atoms with Crippen molar-refractivity contribution in [2.75, 3.05) is 10.6 Å². The summed E-state index contributed by atoms with van der Waals surface area (Å²) in [5, 5.41) is 18.5. The zero-order chi connectivity index (χ0) is 41.2. The van der Waals surface area contributed by atoms with Gasteiger partial charge in [-0.2, -0.15) is 0 Å². The molecule has 2 aromatic heterocycles. The van der Waals surface area contributed by atoms with Crippen LogP contribution in [0.2, 0.25) is 0 Å². The topological polar surface area (TPSA) is 199 Å². The standard InChI is InChI=1S/C24H20N4O5S2.C18H17N3OS/c1-16-6-2-3-11-21(16)23(29)22-15-25-24(34-22)27-18-8-4-7-17(12-18)14-26-35(32,33)20-10-5-9-19(13-20)28(30)31;1-12-5-2-3-8-15(12)17(22)16-11-20-18(23-16)21-14-7-4-6-13(9-14)10-19/h2-13,15,26H,14H2,1H3,(H,25,27);2-9,11H,10,19H2,1H3,(H,20,21). The Morgan fingerprint density at radius 3 is 1.71 bits per heavy atom. The van der Waals surface area contributed by atoms with Gasteiger partial charge in [0.1, 0.15) is 0 Å². The van der Waals surface area contributed by atoms with Crippen LogP contribution in [0.25, 0.3) is 0 Å². The Bertz CT molecular complexity index is 2710. The van der Waals surface area contributed by atoms with E-state index in [9.17, 15) is 28.1 Å². The van der Waals surface area contributed by atoms with E-state index in [1.807, 2.05) is 80.6 Å². The number of nitrogens with one attached hydrogen (secondary N) is 3. The van der Waals surface area contributed by atoms with Gasteiger partial charge in [-0.15, -0.1) is 0 Å². The number of non-ortho nitro benzene ring substituents is 1. The van der Waals surface area contributed by atoms with Crippen LogP contribution in [0.1, 0.15) is 52.7 Å². The van der Waals surface area contributed by atoms with Gasteiger partial charge in [0, 0.05) is 47.7 Å². The number of nitro benzene ring substituents is 1. The fraction of sp³-hybridized carbons (Fsp3) is 0.0952. The molecular weight excluding hydrogens is 795 g/mol. The molecule has 5 aromatic carbocycles. The van der Waals surface area contributed by atoms with Crippen molar-refractivity contribution in [1.82, 2.24) is 14.7 Å². The van der Waals surface area contributed by atoms with Crippen molar-refractivity contribution in [3.63, 3.8) is 0 Å². The molecule has 294 valence electrons. The first kappa shape index (κ1) is 41.2. The highest BCUT2D eigenvalue weighted by atomic mass is 32.2. The Kier molecular flexibility index (Phi) is 13.3. The fourth-order valence-corrected chi connectivity index (χ4v) is 8.24. The van der Waals surface area contributed by atoms with Gasteiger partial charge in [-0.1, -0.05) is 102 Å². The number of hydrogen-bond acceptors (Lipinski definition) is 13. The van der Waals surface area contributed by atoms with Gasteiger partial charge < -0.3 is 16.4 Å². The second kappa shape index (κ2) is 18.7. The Balaban J connectivity index is 0.000000213. The van der Waals surface area contributed by atoms with Crippen molar-refractivity contribution in [2.45, 2.75) is 31.8 Å². The normalized spacial score (nSPS) is 10.9. The molecule has 13 nitrogen and oxygen atoms in total. The van der Waals surface area contributed by atoms with Gasteiger partial charge in [-0.25, -0.2) is 23.1 Å². The molecule has 0 saturated carbocycles. The third-order valence-corrected chi connectivity index (χ3v) is 11.9. The highest BCUT2D eigenvalue weighted by Gasteiger charge is 2.19. The van der Waals surface area contributed by atoms with Gasteiger partial charge >= 0.3 is 0 Å². The summed E-state index contributed by atoms with van der Waals surface area (Å²) in [6, 6.07) is 34.7. The van der Waals surface area contributed by atoms with E-state index in [1.165, 1.54) is 47.1 Å². The average molecular weight is 832 g/mol. The van der Waals surface area contributed by atoms with Crippen molar-refractivity contribution in [3.05, 3.63) is 187 Å². The van der Waals surface area contributed by atoms with Gasteiger partial charge in [0.05, 0.1) is 32.0 Å². The number of sulfonamides is 1. The molecule has 16 heteroatoms. The van der Waals surface area contributed by atoms with E-state index in [4.69, 9.17) is 5.73 Å². The number of benzene rings is 5. The van der Waals surface area contributed by atoms with E-state index in [0.29, 0.717) is 48.9 Å². The first-order chi connectivity index (χ1) is 27.9. The average Bonchev–Trinajstić information content (AvgIpc) is 3.90. The Labute approximate surface area is 342 Å². The number of nitrogens with zero attached hydrogens (tertiary/aromatic N) is 3. The second-order valence-electron chi connectivity index (χ2n) is 12.8. The van der Waals surface area contributed by atoms with Gasteiger partial charge in [0.25, 0.3) is 5.69 Å². The Morgan fingerprint density at radius 2 is 1.19 bits per heavy atom. The largest absolute Gasteiger partial charge is 0.332 e. The number of rotatable bonds is 14. The first-order valence-corrected chi connectivity index (χ1v) is 20.8. The number of nitrogens with two attached hydrogens (primary N) is 1. The highest BCUT2D eigenvalue weighted by molar-refractivity contribution is 7.89. The van der Waals surface area contributed by atoms with Gasteiger partial charge in [0.2, 0.25) is 21.6 Å². The summed E-state index contributed by atoms with van der Waals surface area (Å²) in [5.41, 5.74) is 11.8. The number of anilines is 4. The van der Waals surface area contributed by atoms with Crippen molar-refractivity contribution >= 4 is 71.6 Å². The minimum absolute atomic E-state index is 0.00404. The maximum absolute atomic E-state index is 12.8. The molecule has 0 aliphatic heterocycles. The zero-order valence-electron chi connectivity index (χ0n) is 31.2. The van der Waals surface area contributed by atoms with Crippen LogP contribution in [-0.4, -0.2) is 34.9 Å². The molecule has 0 aliphatic rings. The number of carbonyl (C=O) groups is 2. The molecular formula is C42H37N7O6S3. The van der Waals surface area contributed by atoms with Crippen LogP contribution in [0.5, 0.6) is 0 Å². The van der Waals surface area contributed by atoms with Crippen LogP contribution in [0.15, 0.2) is 139 Å². The third-order valence-electron chi connectivity index (χ3n) is 8.64. The van der Waals surface area contributed by atoms with E-state index >= 15 is 0 Å². The minimum atomic E-state index is -3.94. The number of nitro groups is 1. The monoisotopic (exact) mass is 831 g/mol. The summed E-state index contributed by atoms with van der Waals surface area (Å²) < 4.78 is 27.6. The second-order valence-corrected chi connectivity index (χ2v) is 16.6. The summed E-state index contributed by atoms with van der Waals surface area (Å²) in [6.45, 7) is 4.29. The molecule has 0 unspecified atom stereocenters. The number of thiazole rings is 2. The lowest BCUT2D eigenvalue weighted by Gasteiger charge is -2.09. The van der Waals surface area contributed by atoms with Crippen LogP contribution in [-0.2, 0) is 23.1 Å². The van der Waals surface area contributed by atoms with Crippen molar-refractivity contribution in [3.8, 4) is 0 Å². The summed E-state index contributed by atoms with van der Waals surface area (Å²) in [4.78, 5) is 45.2. The Morgan fingerprint density at radius 1 is 0.690 bits per heavy atom. The molecule has 0 fully saturated rings. The lowest BCUT2D eigenvalue weighted by molar-refractivity contribution is -0.385. The molecule has 5 N–H and O–H groups in total. The van der Waals surface area contributed by atoms with Crippen molar-refractivity contribution < 1.29 is 22.9 Å². The maximum atomic E-state index is 12.8. The summed E-state index contributed by atoms with van der Waals surface area (Å²) in [7, 11) is -3.94. The first-order valence-electron chi connectivity index (χ1n) is 17.7. The summed E-state index contributed by atoms with van der Waals surface area (Å²) in [5.74, 6) is -0.0951. The molecule has 7 aromatic rings. The van der Waals surface area contributed by atoms with Crippen LogP contribution in [0.4, 0.5) is 27.3 Å². The molecule has 0 spiro atoms. The van der Waals surface area contributed by atoms with E-state index in [-0.39, 0.29) is 28.7 Å². The SMILES string of the molecule is Cc1ccccc1C(=O)c1cnc(Nc2cccc(CN)c2)s1.Cc1ccccc1C(=O)c1cnc(Nc2cccc(CNS(=O)(=O)c3cccc([N+](=O)[O-])c3)c2)s1. The molecule has 2 heterocycles. The molecule has 0 radical (unpaired) electrons. The van der Waals surface area contributed by atoms with Gasteiger partial charge in [-0.05, 0) is 66.4 Å². The van der Waals surface area contributed by atoms with E-state index in [2.05, 4.69) is 25.3 Å². The Hall–Kier alpha value is -6.43. The predicted molar refractivity (Wildman–Crippen MR) is 228 cm³/mol. The highest BCUT2D eigenvalue weighted by Crippen LogP contribution is 2.28. The molecule has 0 amide bonds. The van der Waals surface area contributed by atoms with Crippen LogP contribution in [0, 0.1) is 24.0 Å². The van der Waals surface area contributed by atoms with E-state index in [0.717, 1.165) is 28.4 Å². The van der Waals surface area contributed by atoms with Crippen molar-refractivity contribution in [1.29, 1.82) is 0 Å². The van der Waals surface area contributed by atoms with Crippen LogP contribution >= 0.6 is 22.7 Å². The molecule has 0 bridgehead atoms. The fourth-order valence-electron chi connectivity index (χ4n) is 5.60. The lowest BCUT2D eigenvalue weighted by atomic mass is 10.0. The third kappa shape index (κ3) is 10.5. The molecule has 58 heavy (non-hydrogen) atoms. The lowest BCUT2D eigenvalue weighted by Crippen LogP contribution is -2.23. The molecule has 7 rings (SSSR count). The minimum Gasteiger partial charge on any atom is -0.332 e. The quantitative estimate of drug-likeness (QED) is 0.0464. The van der Waals surface area contributed by atoms with E-state index in [1.54, 1.807) is 36.5 Å². The van der Waals surface area contributed by atoms with E-state index < -0.39 is 14.9 Å². The summed E-state index contributed by atoms with van der Waals surface area (Å²) >= 11 is 2.58. The van der Waals surface area contributed by atoms with Gasteiger partial charge in [-0.3, -0.25) is 19.7 Å². The molecule has 0 aliphatic carbocycles. The number of carbonyl (C=O) groups excluding carboxylic acids is 2. The summed E-state index contributed by atoms with van der Waals surface area (Å²) in [6.07, 6.45) is 3.15. The van der Waals surface area contributed by atoms with Gasteiger partial charge in [0.15, 0.2) is 10.3 Å². The van der Waals surface area contributed by atoms with Crippen molar-refractivity contribution in [2.24, 2.45) is 5.73 Å². The molecule has 0 saturated heterocycles. The smallest absolute Gasteiger partial charge is 0.270 e. The number of aromatic nitrogens is 2. The molecule has 0 atom stereocenters. The number of aryl methyl sites for hydroxylation is 2. The van der Waals surface area contributed by atoms with Crippen LogP contribution in [0.3, 0.4) is 0 Å². The number of hydrogen-bond donors (Lipinski definition) is 4. The predicted octanol–water partition coefficient (Wildman–Crippen LogP) is 8.70. The maximum Gasteiger partial charge on any atom is 0.270 e. The zero-order valence-corrected chi connectivity index (χ0v) is 33.7.